The molecule has 0 N–H and O–H groups in total. The van der Waals surface area contributed by atoms with Crippen LogP contribution in [0.1, 0.15) is 0 Å². The topological polar surface area (TPSA) is 16.4 Å². The maximum absolute atomic E-state index is 6.38. The van der Waals surface area contributed by atoms with Gasteiger partial charge in [0, 0.05) is 33.4 Å². The van der Waals surface area contributed by atoms with Crippen LogP contribution in [0.5, 0.6) is 0 Å². The molecule has 0 aliphatic carbocycles. The van der Waals surface area contributed by atoms with Crippen LogP contribution in [0.4, 0.5) is 17.1 Å². The van der Waals surface area contributed by atoms with Crippen LogP contribution in [0.25, 0.3) is 66.1 Å². The quantitative estimate of drug-likeness (QED) is 0.185. The minimum atomic E-state index is 0.907. The molecule has 0 bridgehead atoms. The SMILES string of the molecule is c1ccc(-c2ccc(N(c3ccc(-c4ccccc4)cc3)c3ccc(-c4c5ccccc5cc5oc6ccccc6c45)cc3)cc2)cc1. The third-order valence-electron chi connectivity index (χ3n) is 9.27. The molecule has 0 atom stereocenters. The molecular formula is C46H31NO. The van der Waals surface area contributed by atoms with Crippen LogP contribution in [0, 0.1) is 0 Å². The minimum absolute atomic E-state index is 0.907. The fraction of sp³-hybridized carbons (Fsp3) is 0. The summed E-state index contributed by atoms with van der Waals surface area (Å²) in [5.41, 5.74) is 12.3. The van der Waals surface area contributed by atoms with E-state index in [1.165, 1.54) is 38.6 Å². The molecule has 0 aliphatic heterocycles. The van der Waals surface area contributed by atoms with E-state index in [1.54, 1.807) is 0 Å². The monoisotopic (exact) mass is 613 g/mol. The smallest absolute Gasteiger partial charge is 0.136 e. The van der Waals surface area contributed by atoms with Crippen molar-refractivity contribution >= 4 is 49.8 Å². The first-order chi connectivity index (χ1) is 23.8. The van der Waals surface area contributed by atoms with Crippen LogP contribution in [-0.4, -0.2) is 0 Å². The summed E-state index contributed by atoms with van der Waals surface area (Å²) >= 11 is 0. The van der Waals surface area contributed by atoms with Gasteiger partial charge >= 0.3 is 0 Å². The number of benzene rings is 8. The molecule has 0 amide bonds. The van der Waals surface area contributed by atoms with Gasteiger partial charge in [-0.2, -0.15) is 0 Å². The molecule has 0 saturated heterocycles. The van der Waals surface area contributed by atoms with Crippen molar-refractivity contribution in [1.82, 2.24) is 0 Å². The third kappa shape index (κ3) is 4.92. The molecule has 1 heterocycles. The van der Waals surface area contributed by atoms with Crippen molar-refractivity contribution in [3.8, 4) is 33.4 Å². The zero-order chi connectivity index (χ0) is 31.9. The first kappa shape index (κ1) is 27.9. The Morgan fingerprint density at radius 3 is 1.33 bits per heavy atom. The second-order valence-electron chi connectivity index (χ2n) is 12.2. The Morgan fingerprint density at radius 2 is 0.771 bits per heavy atom. The largest absolute Gasteiger partial charge is 0.456 e. The van der Waals surface area contributed by atoms with E-state index >= 15 is 0 Å². The molecule has 2 nitrogen and oxygen atoms in total. The lowest BCUT2D eigenvalue weighted by Crippen LogP contribution is -2.09. The second-order valence-corrected chi connectivity index (χ2v) is 12.2. The summed E-state index contributed by atoms with van der Waals surface area (Å²) in [6, 6.07) is 66.8. The lowest BCUT2D eigenvalue weighted by molar-refractivity contribution is 0.669. The Hall–Kier alpha value is -6.38. The Kier molecular flexibility index (Phi) is 6.84. The molecule has 2 heteroatoms. The van der Waals surface area contributed by atoms with Gasteiger partial charge in [0.2, 0.25) is 0 Å². The molecule has 0 unspecified atom stereocenters. The van der Waals surface area contributed by atoms with Crippen LogP contribution >= 0.6 is 0 Å². The highest BCUT2D eigenvalue weighted by Gasteiger charge is 2.18. The van der Waals surface area contributed by atoms with Crippen LogP contribution in [0.15, 0.2) is 192 Å². The Morgan fingerprint density at radius 1 is 0.333 bits per heavy atom. The number of hydrogen-bond donors (Lipinski definition) is 0. The molecule has 1 aromatic heterocycles. The number of anilines is 3. The van der Waals surface area contributed by atoms with Gasteiger partial charge in [-0.1, -0.05) is 140 Å². The van der Waals surface area contributed by atoms with Crippen LogP contribution in [-0.2, 0) is 0 Å². The predicted molar refractivity (Wildman–Crippen MR) is 202 cm³/mol. The van der Waals surface area contributed by atoms with Crippen LogP contribution < -0.4 is 4.90 Å². The summed E-state index contributed by atoms with van der Waals surface area (Å²) in [6.45, 7) is 0. The fourth-order valence-corrected chi connectivity index (χ4v) is 6.94. The van der Waals surface area contributed by atoms with Crippen molar-refractivity contribution in [2.24, 2.45) is 0 Å². The average molecular weight is 614 g/mol. The maximum atomic E-state index is 6.38. The molecule has 0 saturated carbocycles. The first-order valence-electron chi connectivity index (χ1n) is 16.3. The number of furan rings is 1. The van der Waals surface area contributed by atoms with E-state index in [2.05, 4.69) is 187 Å². The third-order valence-corrected chi connectivity index (χ3v) is 9.27. The Bertz CT molecular complexity index is 2430. The standard InChI is InChI=1S/C46H31NO/c1-3-11-32(12-4-1)34-19-25-38(26-20-34)47(39-27-21-35(22-28-39)33-13-5-2-6-14-33)40-29-23-36(24-30-40)45-41-16-8-7-15-37(41)31-44-46(45)42-17-9-10-18-43(42)48-44/h1-31H. The molecule has 8 aromatic carbocycles. The van der Waals surface area contributed by atoms with Gasteiger partial charge in [0.1, 0.15) is 11.2 Å². The highest BCUT2D eigenvalue weighted by molar-refractivity contribution is 6.20. The molecular weight excluding hydrogens is 583 g/mol. The lowest BCUT2D eigenvalue weighted by Gasteiger charge is -2.26. The van der Waals surface area contributed by atoms with E-state index in [9.17, 15) is 0 Å². The highest BCUT2D eigenvalue weighted by Crippen LogP contribution is 2.43. The number of para-hydroxylation sites is 1. The molecule has 0 aliphatic rings. The van der Waals surface area contributed by atoms with E-state index in [4.69, 9.17) is 4.42 Å². The summed E-state index contributed by atoms with van der Waals surface area (Å²) in [6.07, 6.45) is 0. The van der Waals surface area contributed by atoms with Gasteiger partial charge in [0.15, 0.2) is 0 Å². The minimum Gasteiger partial charge on any atom is -0.456 e. The van der Waals surface area contributed by atoms with E-state index in [0.717, 1.165) is 44.6 Å². The summed E-state index contributed by atoms with van der Waals surface area (Å²) in [5.74, 6) is 0. The van der Waals surface area contributed by atoms with Gasteiger partial charge in [-0.3, -0.25) is 0 Å². The Balaban J connectivity index is 1.17. The normalized spacial score (nSPS) is 11.3. The number of fused-ring (bicyclic) bond motifs is 4. The molecule has 9 rings (SSSR count). The first-order valence-corrected chi connectivity index (χ1v) is 16.3. The summed E-state index contributed by atoms with van der Waals surface area (Å²) < 4.78 is 6.38. The average Bonchev–Trinajstić information content (AvgIpc) is 3.54. The maximum Gasteiger partial charge on any atom is 0.136 e. The zero-order valence-corrected chi connectivity index (χ0v) is 26.3. The van der Waals surface area contributed by atoms with Crippen molar-refractivity contribution in [2.75, 3.05) is 4.90 Å². The molecule has 0 spiro atoms. The zero-order valence-electron chi connectivity index (χ0n) is 26.3. The molecule has 226 valence electrons. The Labute approximate surface area is 279 Å². The van der Waals surface area contributed by atoms with Crippen molar-refractivity contribution in [1.29, 1.82) is 0 Å². The van der Waals surface area contributed by atoms with Gasteiger partial charge < -0.3 is 9.32 Å². The second kappa shape index (κ2) is 11.8. The van der Waals surface area contributed by atoms with Crippen LogP contribution in [0.2, 0.25) is 0 Å². The van der Waals surface area contributed by atoms with Gasteiger partial charge in [0.05, 0.1) is 0 Å². The predicted octanol–water partition coefficient (Wildman–Crippen LogP) is 13.2. The number of rotatable bonds is 6. The molecule has 48 heavy (non-hydrogen) atoms. The van der Waals surface area contributed by atoms with Crippen molar-refractivity contribution < 1.29 is 4.42 Å². The highest BCUT2D eigenvalue weighted by atomic mass is 16.3. The van der Waals surface area contributed by atoms with Gasteiger partial charge in [-0.25, -0.2) is 0 Å². The summed E-state index contributed by atoms with van der Waals surface area (Å²) in [5, 5.41) is 4.67. The van der Waals surface area contributed by atoms with Gasteiger partial charge in [-0.15, -0.1) is 0 Å². The van der Waals surface area contributed by atoms with Gasteiger partial charge in [-0.05, 0) is 87.1 Å². The van der Waals surface area contributed by atoms with Gasteiger partial charge in [0.25, 0.3) is 0 Å². The molecule has 9 aromatic rings. The van der Waals surface area contributed by atoms with E-state index in [-0.39, 0.29) is 0 Å². The van der Waals surface area contributed by atoms with Crippen molar-refractivity contribution in [3.05, 3.63) is 188 Å². The van der Waals surface area contributed by atoms with E-state index in [0.29, 0.717) is 0 Å². The number of hydrogen-bond acceptors (Lipinski definition) is 2. The van der Waals surface area contributed by atoms with Crippen molar-refractivity contribution in [2.45, 2.75) is 0 Å². The molecule has 0 radical (unpaired) electrons. The van der Waals surface area contributed by atoms with Crippen LogP contribution in [0.3, 0.4) is 0 Å². The lowest BCUT2D eigenvalue weighted by atomic mass is 9.93. The fourth-order valence-electron chi connectivity index (χ4n) is 6.94. The number of nitrogens with zero attached hydrogens (tertiary/aromatic N) is 1. The molecule has 0 fully saturated rings. The van der Waals surface area contributed by atoms with Crippen molar-refractivity contribution in [3.63, 3.8) is 0 Å². The van der Waals surface area contributed by atoms with E-state index < -0.39 is 0 Å². The summed E-state index contributed by atoms with van der Waals surface area (Å²) in [4.78, 5) is 2.33. The summed E-state index contributed by atoms with van der Waals surface area (Å²) in [7, 11) is 0. The van der Waals surface area contributed by atoms with E-state index in [1.807, 2.05) is 6.07 Å².